The van der Waals surface area contributed by atoms with Gasteiger partial charge in [-0.25, -0.2) is 9.78 Å². The van der Waals surface area contributed by atoms with E-state index in [9.17, 15) is 9.90 Å². The lowest BCUT2D eigenvalue weighted by Gasteiger charge is -2.11. The first-order chi connectivity index (χ1) is 18.4. The van der Waals surface area contributed by atoms with Crippen molar-refractivity contribution in [3.05, 3.63) is 99.4 Å². The zero-order valence-electron chi connectivity index (χ0n) is 20.8. The maximum Gasteiger partial charge on any atom is 0.354 e. The molecule has 0 atom stereocenters. The molecular weight excluding hydrogens is 523 g/mol. The van der Waals surface area contributed by atoms with E-state index in [0.29, 0.717) is 38.1 Å². The van der Waals surface area contributed by atoms with Crippen LogP contribution in [0.1, 0.15) is 40.7 Å². The van der Waals surface area contributed by atoms with Crippen LogP contribution in [0.2, 0.25) is 10.0 Å². The molecule has 0 bridgehead atoms. The molecule has 0 aliphatic heterocycles. The first-order valence-corrected chi connectivity index (χ1v) is 12.9. The quantitative estimate of drug-likeness (QED) is 0.210. The molecule has 0 radical (unpaired) electrons. The maximum atomic E-state index is 11.4. The van der Waals surface area contributed by atoms with E-state index in [2.05, 4.69) is 17.1 Å². The van der Waals surface area contributed by atoms with Gasteiger partial charge in [0.05, 0.1) is 21.1 Å². The molecule has 0 aliphatic rings. The fourth-order valence-electron chi connectivity index (χ4n) is 4.41. The van der Waals surface area contributed by atoms with Crippen LogP contribution in [0.4, 0.5) is 0 Å². The topological polar surface area (TPSA) is 85.5 Å². The number of fused-ring (bicyclic) bond motifs is 1. The lowest BCUT2D eigenvalue weighted by Crippen LogP contribution is -2.03. The fraction of sp³-hybridized carbons (Fsp3) is 0.167. The zero-order chi connectivity index (χ0) is 26.8. The minimum absolute atomic E-state index is 0.0710. The summed E-state index contributed by atoms with van der Waals surface area (Å²) in [5.41, 5.74) is 5.37. The van der Waals surface area contributed by atoms with Gasteiger partial charge in [-0.15, -0.1) is 0 Å². The number of aromatic carboxylic acids is 1. The summed E-state index contributed by atoms with van der Waals surface area (Å²) in [6.45, 7) is 4.08. The van der Waals surface area contributed by atoms with E-state index in [-0.39, 0.29) is 12.3 Å². The monoisotopic (exact) mass is 546 g/mol. The predicted molar refractivity (Wildman–Crippen MR) is 149 cm³/mol. The fourth-order valence-corrected chi connectivity index (χ4v) is 4.99. The molecule has 2 heterocycles. The van der Waals surface area contributed by atoms with E-state index in [1.165, 1.54) is 0 Å². The standard InChI is InChI=1S/C30H24Cl2N2O4/c1-3-5-26-22(29(34-38-26)27-23(31)6-4-7-24(27)32)16-37-21-11-8-18(9-12-21)19-10-13-25-20(15-19)14-17(2)28(33-25)30(35)36/h4,6-15H,3,5,16H2,1-2H3,(H,35,36). The Morgan fingerprint density at radius 2 is 1.71 bits per heavy atom. The zero-order valence-corrected chi connectivity index (χ0v) is 22.3. The summed E-state index contributed by atoms with van der Waals surface area (Å²) < 4.78 is 11.8. The van der Waals surface area contributed by atoms with Gasteiger partial charge in [0.25, 0.3) is 0 Å². The van der Waals surface area contributed by atoms with Crippen LogP contribution in [0.5, 0.6) is 5.75 Å². The van der Waals surface area contributed by atoms with Crippen molar-refractivity contribution in [1.82, 2.24) is 10.1 Å². The number of carboxylic acid groups (broad SMARTS) is 1. The molecule has 8 heteroatoms. The van der Waals surface area contributed by atoms with Crippen molar-refractivity contribution in [3.8, 4) is 28.1 Å². The molecular formula is C30H24Cl2N2O4. The second-order valence-electron chi connectivity index (χ2n) is 8.96. The Kier molecular flexibility index (Phi) is 7.36. The van der Waals surface area contributed by atoms with E-state index in [1.54, 1.807) is 25.1 Å². The molecule has 0 saturated heterocycles. The summed E-state index contributed by atoms with van der Waals surface area (Å²) in [6.07, 6.45) is 1.61. The Morgan fingerprint density at radius 3 is 2.39 bits per heavy atom. The average molecular weight is 547 g/mol. The van der Waals surface area contributed by atoms with Crippen LogP contribution in [-0.4, -0.2) is 21.2 Å². The van der Waals surface area contributed by atoms with E-state index < -0.39 is 5.97 Å². The van der Waals surface area contributed by atoms with Crippen LogP contribution in [-0.2, 0) is 13.0 Å². The number of carbonyl (C=O) groups is 1. The molecule has 0 spiro atoms. The summed E-state index contributed by atoms with van der Waals surface area (Å²) in [5.74, 6) is 0.415. The largest absolute Gasteiger partial charge is 0.489 e. The van der Waals surface area contributed by atoms with Crippen molar-refractivity contribution in [2.45, 2.75) is 33.3 Å². The van der Waals surface area contributed by atoms with E-state index in [0.717, 1.165) is 40.7 Å². The molecule has 3 aromatic carbocycles. The lowest BCUT2D eigenvalue weighted by molar-refractivity contribution is 0.0690. The van der Waals surface area contributed by atoms with Gasteiger partial charge < -0.3 is 14.4 Å². The molecule has 5 aromatic rings. The molecule has 0 saturated carbocycles. The van der Waals surface area contributed by atoms with Crippen LogP contribution >= 0.6 is 23.2 Å². The molecule has 2 aromatic heterocycles. The highest BCUT2D eigenvalue weighted by Gasteiger charge is 2.22. The van der Waals surface area contributed by atoms with Crippen LogP contribution in [0.15, 0.2) is 71.3 Å². The Hall–Kier alpha value is -3.87. The predicted octanol–water partition coefficient (Wildman–Crippen LogP) is 8.40. The van der Waals surface area contributed by atoms with E-state index in [1.807, 2.05) is 48.5 Å². The Bertz CT molecular complexity index is 1620. The van der Waals surface area contributed by atoms with E-state index in [4.69, 9.17) is 32.5 Å². The smallest absolute Gasteiger partial charge is 0.354 e. The highest BCUT2D eigenvalue weighted by molar-refractivity contribution is 6.39. The number of pyridine rings is 1. The number of ether oxygens (including phenoxy) is 1. The number of hydrogen-bond donors (Lipinski definition) is 1. The van der Waals surface area contributed by atoms with Gasteiger partial charge in [0.1, 0.15) is 23.8 Å². The van der Waals surface area contributed by atoms with Gasteiger partial charge in [0.15, 0.2) is 5.69 Å². The first-order valence-electron chi connectivity index (χ1n) is 12.2. The third-order valence-corrected chi connectivity index (χ3v) is 6.95. The number of hydrogen-bond acceptors (Lipinski definition) is 5. The second-order valence-corrected chi connectivity index (χ2v) is 9.77. The number of carboxylic acids is 1. The SMILES string of the molecule is CCCc1onc(-c2c(Cl)cccc2Cl)c1COc1ccc(-c2ccc3nc(C(=O)O)c(C)cc3c2)cc1. The lowest BCUT2D eigenvalue weighted by atomic mass is 10.0. The number of nitrogens with zero attached hydrogens (tertiary/aromatic N) is 2. The van der Waals surface area contributed by atoms with Gasteiger partial charge in [-0.1, -0.05) is 59.5 Å². The Morgan fingerprint density at radius 1 is 1.00 bits per heavy atom. The molecule has 192 valence electrons. The molecule has 0 fully saturated rings. The van der Waals surface area contributed by atoms with Crippen molar-refractivity contribution in [3.63, 3.8) is 0 Å². The first kappa shape index (κ1) is 25.8. The van der Waals surface area contributed by atoms with Crippen molar-refractivity contribution in [2.24, 2.45) is 0 Å². The molecule has 0 aliphatic carbocycles. The normalized spacial score (nSPS) is 11.2. The molecule has 38 heavy (non-hydrogen) atoms. The van der Waals surface area contributed by atoms with E-state index >= 15 is 0 Å². The van der Waals surface area contributed by atoms with Gasteiger partial charge in [-0.2, -0.15) is 0 Å². The summed E-state index contributed by atoms with van der Waals surface area (Å²) in [4.78, 5) is 15.7. The van der Waals surface area contributed by atoms with Gasteiger partial charge in [-0.3, -0.25) is 0 Å². The molecule has 0 unspecified atom stereocenters. The molecule has 0 amide bonds. The summed E-state index contributed by atoms with van der Waals surface area (Å²) in [5, 5.41) is 15.5. The van der Waals surface area contributed by atoms with Crippen molar-refractivity contribution in [1.29, 1.82) is 0 Å². The minimum Gasteiger partial charge on any atom is -0.489 e. The average Bonchev–Trinajstić information content (AvgIpc) is 3.29. The minimum atomic E-state index is -1.03. The number of aromatic nitrogens is 2. The van der Waals surface area contributed by atoms with Crippen LogP contribution < -0.4 is 4.74 Å². The summed E-state index contributed by atoms with van der Waals surface area (Å²) in [7, 11) is 0. The molecule has 1 N–H and O–H groups in total. The van der Waals surface area contributed by atoms with Crippen LogP contribution in [0, 0.1) is 6.92 Å². The Balaban J connectivity index is 1.38. The number of rotatable bonds is 8. The Labute approximate surface area is 229 Å². The maximum absolute atomic E-state index is 11.4. The highest BCUT2D eigenvalue weighted by Crippen LogP contribution is 2.37. The van der Waals surface area contributed by atoms with Crippen LogP contribution in [0.3, 0.4) is 0 Å². The highest BCUT2D eigenvalue weighted by atomic mass is 35.5. The number of benzene rings is 3. The van der Waals surface area contributed by atoms with Crippen molar-refractivity contribution >= 4 is 40.1 Å². The third kappa shape index (κ3) is 5.10. The van der Waals surface area contributed by atoms with Gasteiger partial charge >= 0.3 is 5.97 Å². The van der Waals surface area contributed by atoms with Crippen molar-refractivity contribution < 1.29 is 19.2 Å². The van der Waals surface area contributed by atoms with Gasteiger partial charge in [0.2, 0.25) is 0 Å². The number of halogens is 2. The van der Waals surface area contributed by atoms with Crippen LogP contribution in [0.25, 0.3) is 33.3 Å². The third-order valence-electron chi connectivity index (χ3n) is 6.32. The second kappa shape index (κ2) is 10.9. The van der Waals surface area contributed by atoms with Gasteiger partial charge in [0, 0.05) is 17.4 Å². The summed E-state index contributed by atoms with van der Waals surface area (Å²) in [6, 6.07) is 20.7. The van der Waals surface area contributed by atoms with Crippen molar-refractivity contribution in [2.75, 3.05) is 0 Å². The number of aryl methyl sites for hydroxylation is 2. The van der Waals surface area contributed by atoms with Gasteiger partial charge in [-0.05, 0) is 72.5 Å². The summed E-state index contributed by atoms with van der Waals surface area (Å²) >= 11 is 12.9. The molecule has 6 nitrogen and oxygen atoms in total. The molecule has 5 rings (SSSR count).